The van der Waals surface area contributed by atoms with Crippen molar-refractivity contribution in [2.75, 3.05) is 13.2 Å². The summed E-state index contributed by atoms with van der Waals surface area (Å²) < 4.78 is 36.0. The highest BCUT2D eigenvalue weighted by Crippen LogP contribution is 2.31. The van der Waals surface area contributed by atoms with Gasteiger partial charge >= 0.3 is 11.9 Å². The standard InChI is InChI=1S/C61H56O8/c62-60(68-44-58(50-24-32-54(33-25-50)64-40-46-14-5-1-6-15-46)51-26-34-55(35-27-51)65-41-47-16-7-2-8-17-47)22-13-23-61(63)69-45-59(52-28-36-56(37-29-52)66-42-48-18-9-3-10-19-48)53-30-38-57(39-31-53)67-43-49-20-11-4-12-21-49/h1-12,14-21,24-39,58-59H,13,22-23,40-45H2. The number of ether oxygens (including phenoxy) is 6. The highest BCUT2D eigenvalue weighted by molar-refractivity contribution is 5.72. The van der Waals surface area contributed by atoms with Gasteiger partial charge in [0, 0.05) is 24.7 Å². The van der Waals surface area contributed by atoms with Gasteiger partial charge in [-0.2, -0.15) is 0 Å². The molecule has 0 heterocycles. The van der Waals surface area contributed by atoms with Crippen LogP contribution in [0.3, 0.4) is 0 Å². The van der Waals surface area contributed by atoms with Crippen LogP contribution in [0, 0.1) is 0 Å². The molecule has 8 heteroatoms. The molecular formula is C61H56O8. The molecule has 0 atom stereocenters. The summed E-state index contributed by atoms with van der Waals surface area (Å²) in [4.78, 5) is 26.5. The van der Waals surface area contributed by atoms with Crippen molar-refractivity contribution in [1.82, 2.24) is 0 Å². The Kier molecular flexibility index (Phi) is 17.3. The molecule has 0 unspecified atom stereocenters. The molecular weight excluding hydrogens is 861 g/mol. The Labute approximate surface area is 405 Å². The lowest BCUT2D eigenvalue weighted by Crippen LogP contribution is -2.16. The minimum atomic E-state index is -0.388. The molecule has 0 amide bonds. The van der Waals surface area contributed by atoms with Crippen molar-refractivity contribution in [3.05, 3.63) is 263 Å². The van der Waals surface area contributed by atoms with E-state index in [9.17, 15) is 9.59 Å². The van der Waals surface area contributed by atoms with Crippen LogP contribution in [0.2, 0.25) is 0 Å². The van der Waals surface area contributed by atoms with Crippen LogP contribution >= 0.6 is 0 Å². The quantitative estimate of drug-likeness (QED) is 0.0554. The van der Waals surface area contributed by atoms with Gasteiger partial charge in [-0.05, 0) is 99.5 Å². The first-order chi connectivity index (χ1) is 34.0. The second-order valence-corrected chi connectivity index (χ2v) is 16.7. The van der Waals surface area contributed by atoms with Crippen molar-refractivity contribution >= 4 is 11.9 Å². The molecule has 0 fully saturated rings. The molecule has 8 nitrogen and oxygen atoms in total. The van der Waals surface area contributed by atoms with Crippen molar-refractivity contribution in [2.24, 2.45) is 0 Å². The summed E-state index contributed by atoms with van der Waals surface area (Å²) in [7, 11) is 0. The molecule has 348 valence electrons. The first-order valence-electron chi connectivity index (χ1n) is 23.4. The van der Waals surface area contributed by atoms with Gasteiger partial charge in [-0.15, -0.1) is 0 Å². The van der Waals surface area contributed by atoms with Crippen molar-refractivity contribution in [1.29, 1.82) is 0 Å². The summed E-state index contributed by atoms with van der Waals surface area (Å²) in [5.74, 6) is 1.68. The number of esters is 2. The number of hydrogen-bond donors (Lipinski definition) is 0. The smallest absolute Gasteiger partial charge is 0.305 e. The molecule has 8 rings (SSSR count). The Morgan fingerprint density at radius 2 is 0.536 bits per heavy atom. The minimum Gasteiger partial charge on any atom is -0.489 e. The summed E-state index contributed by atoms with van der Waals surface area (Å²) >= 11 is 0. The molecule has 0 aliphatic carbocycles. The van der Waals surface area contributed by atoms with Crippen LogP contribution in [0.15, 0.2) is 218 Å². The summed E-state index contributed by atoms with van der Waals surface area (Å²) in [6.07, 6.45) is 0.423. The van der Waals surface area contributed by atoms with Crippen LogP contribution < -0.4 is 18.9 Å². The SMILES string of the molecule is O=C(CCCC(=O)OCC(c1ccc(OCc2ccccc2)cc1)c1ccc(OCc2ccccc2)cc1)OCC(c1ccc(OCc2ccccc2)cc1)c1ccc(OCc2ccccc2)cc1. The molecule has 8 aromatic rings. The van der Waals surface area contributed by atoms with Gasteiger partial charge in [0.2, 0.25) is 0 Å². The first-order valence-corrected chi connectivity index (χ1v) is 23.4. The minimum absolute atomic E-state index is 0.0681. The van der Waals surface area contributed by atoms with Crippen molar-refractivity contribution in [3.8, 4) is 23.0 Å². The molecule has 0 bridgehead atoms. The van der Waals surface area contributed by atoms with E-state index in [0.717, 1.165) is 67.5 Å². The van der Waals surface area contributed by atoms with Crippen molar-refractivity contribution in [3.63, 3.8) is 0 Å². The lowest BCUT2D eigenvalue weighted by atomic mass is 9.92. The first kappa shape index (κ1) is 47.4. The maximum Gasteiger partial charge on any atom is 0.305 e. The normalized spacial score (nSPS) is 10.9. The number of carbonyl (C=O) groups is 2. The molecule has 0 N–H and O–H groups in total. The summed E-state index contributed by atoms with van der Waals surface area (Å²) in [5, 5.41) is 0. The Morgan fingerprint density at radius 1 is 0.304 bits per heavy atom. The van der Waals surface area contributed by atoms with Gasteiger partial charge in [0.05, 0.1) is 0 Å². The van der Waals surface area contributed by atoms with Crippen molar-refractivity contribution in [2.45, 2.75) is 57.5 Å². The molecule has 0 spiro atoms. The maximum absolute atomic E-state index is 13.3. The van der Waals surface area contributed by atoms with Gasteiger partial charge in [-0.1, -0.05) is 170 Å². The monoisotopic (exact) mass is 916 g/mol. The molecule has 0 radical (unpaired) electrons. The van der Waals surface area contributed by atoms with Gasteiger partial charge in [-0.25, -0.2) is 0 Å². The Hall–Kier alpha value is -8.10. The average molecular weight is 917 g/mol. The molecule has 8 aromatic carbocycles. The van der Waals surface area contributed by atoms with E-state index in [-0.39, 0.29) is 56.3 Å². The van der Waals surface area contributed by atoms with Crippen LogP contribution in [0.4, 0.5) is 0 Å². The van der Waals surface area contributed by atoms with E-state index in [1.54, 1.807) is 0 Å². The molecule has 0 aliphatic heterocycles. The van der Waals surface area contributed by atoms with Crippen LogP contribution in [0.5, 0.6) is 23.0 Å². The predicted molar refractivity (Wildman–Crippen MR) is 268 cm³/mol. The van der Waals surface area contributed by atoms with Gasteiger partial charge < -0.3 is 28.4 Å². The van der Waals surface area contributed by atoms with Gasteiger partial charge in [0.25, 0.3) is 0 Å². The summed E-state index contributed by atoms with van der Waals surface area (Å²) in [5.41, 5.74) is 8.19. The lowest BCUT2D eigenvalue weighted by molar-refractivity contribution is -0.145. The predicted octanol–water partition coefficient (Wildman–Crippen LogP) is 13.2. The van der Waals surface area contributed by atoms with E-state index in [4.69, 9.17) is 28.4 Å². The fourth-order valence-corrected chi connectivity index (χ4v) is 7.79. The van der Waals surface area contributed by atoms with Gasteiger partial charge in [0.1, 0.15) is 62.6 Å². The fraction of sp³-hybridized carbons (Fsp3) is 0.180. The fourth-order valence-electron chi connectivity index (χ4n) is 7.79. The number of hydrogen-bond acceptors (Lipinski definition) is 8. The number of carbonyl (C=O) groups excluding carboxylic acids is 2. The Balaban J connectivity index is 0.862. The molecule has 0 saturated carbocycles. The Bertz CT molecular complexity index is 2380. The van der Waals surface area contributed by atoms with Crippen LogP contribution in [-0.2, 0) is 45.5 Å². The van der Waals surface area contributed by atoms with Crippen LogP contribution in [0.1, 0.15) is 75.6 Å². The third kappa shape index (κ3) is 14.9. The zero-order valence-corrected chi connectivity index (χ0v) is 38.6. The second kappa shape index (κ2) is 25.1. The molecule has 69 heavy (non-hydrogen) atoms. The average Bonchev–Trinajstić information content (AvgIpc) is 3.41. The van der Waals surface area contributed by atoms with E-state index < -0.39 is 0 Å². The third-order valence-corrected chi connectivity index (χ3v) is 11.7. The Morgan fingerprint density at radius 3 is 0.768 bits per heavy atom. The highest BCUT2D eigenvalue weighted by Gasteiger charge is 2.20. The van der Waals surface area contributed by atoms with Crippen LogP contribution in [-0.4, -0.2) is 25.2 Å². The number of benzene rings is 8. The largest absolute Gasteiger partial charge is 0.489 e. The zero-order valence-electron chi connectivity index (χ0n) is 38.6. The molecule has 0 saturated heterocycles. The number of rotatable bonds is 24. The lowest BCUT2D eigenvalue weighted by Gasteiger charge is -2.20. The third-order valence-electron chi connectivity index (χ3n) is 11.7. The topological polar surface area (TPSA) is 89.5 Å². The highest BCUT2D eigenvalue weighted by atomic mass is 16.5. The second-order valence-electron chi connectivity index (χ2n) is 16.7. The summed E-state index contributed by atoms with van der Waals surface area (Å²) in [6.45, 7) is 2.06. The van der Waals surface area contributed by atoms with E-state index in [0.29, 0.717) is 26.4 Å². The maximum atomic E-state index is 13.3. The van der Waals surface area contributed by atoms with Gasteiger partial charge in [-0.3, -0.25) is 9.59 Å². The van der Waals surface area contributed by atoms with E-state index >= 15 is 0 Å². The molecule has 0 aliphatic rings. The van der Waals surface area contributed by atoms with E-state index in [2.05, 4.69) is 0 Å². The zero-order chi connectivity index (χ0) is 47.3. The van der Waals surface area contributed by atoms with Gasteiger partial charge in [0.15, 0.2) is 0 Å². The van der Waals surface area contributed by atoms with Crippen molar-refractivity contribution < 1.29 is 38.0 Å². The van der Waals surface area contributed by atoms with Crippen LogP contribution in [0.25, 0.3) is 0 Å². The van der Waals surface area contributed by atoms with E-state index in [1.807, 2.05) is 218 Å². The molecule has 0 aromatic heterocycles. The van der Waals surface area contributed by atoms with E-state index in [1.165, 1.54) is 0 Å². The summed E-state index contributed by atoms with van der Waals surface area (Å²) in [6, 6.07) is 71.6.